The molecule has 0 spiro atoms. The molecule has 0 bridgehead atoms. The van der Waals surface area contributed by atoms with Gasteiger partial charge in [0.25, 0.3) is 0 Å². The number of carboxylic acids is 1. The van der Waals surface area contributed by atoms with Crippen LogP contribution in [0.25, 0.3) is 0 Å². The van der Waals surface area contributed by atoms with Gasteiger partial charge in [0.05, 0.1) is 6.54 Å². The highest BCUT2D eigenvalue weighted by Crippen LogP contribution is 2.43. The molecule has 6 heteroatoms. The Bertz CT molecular complexity index is 462. The number of furan rings is 1. The van der Waals surface area contributed by atoms with Gasteiger partial charge in [-0.05, 0) is 30.4 Å². The van der Waals surface area contributed by atoms with Gasteiger partial charge in [0.2, 0.25) is 5.76 Å². The molecule has 1 aliphatic carbocycles. The summed E-state index contributed by atoms with van der Waals surface area (Å²) in [6, 6.07) is 2.63. The van der Waals surface area contributed by atoms with Gasteiger partial charge in [0.1, 0.15) is 5.76 Å². The monoisotopic (exact) mass is 252 g/mol. The SMILES string of the molecule is CC1(CNC(=O)NCc2ccc(C(=O)O)o2)CC1. The Labute approximate surface area is 104 Å². The van der Waals surface area contributed by atoms with Gasteiger partial charge in [-0.2, -0.15) is 0 Å². The van der Waals surface area contributed by atoms with Gasteiger partial charge < -0.3 is 20.2 Å². The van der Waals surface area contributed by atoms with Crippen LogP contribution in [0.3, 0.4) is 0 Å². The Kier molecular flexibility index (Phi) is 3.27. The van der Waals surface area contributed by atoms with Gasteiger partial charge in [-0.25, -0.2) is 9.59 Å². The second-order valence-electron chi connectivity index (χ2n) is 4.92. The molecule has 6 nitrogen and oxygen atoms in total. The van der Waals surface area contributed by atoms with Crippen LogP contribution in [0.15, 0.2) is 16.5 Å². The van der Waals surface area contributed by atoms with Crippen LogP contribution in [0.5, 0.6) is 0 Å². The van der Waals surface area contributed by atoms with Crippen molar-refractivity contribution >= 4 is 12.0 Å². The van der Waals surface area contributed by atoms with Gasteiger partial charge in [-0.1, -0.05) is 6.92 Å². The second kappa shape index (κ2) is 4.72. The maximum absolute atomic E-state index is 11.5. The number of nitrogens with one attached hydrogen (secondary N) is 2. The van der Waals surface area contributed by atoms with E-state index >= 15 is 0 Å². The fourth-order valence-electron chi connectivity index (χ4n) is 1.50. The molecule has 98 valence electrons. The van der Waals surface area contributed by atoms with E-state index < -0.39 is 5.97 Å². The highest BCUT2D eigenvalue weighted by Gasteiger charge is 2.37. The minimum absolute atomic E-state index is 0.127. The number of rotatable bonds is 5. The number of carboxylic acid groups (broad SMARTS) is 1. The fraction of sp³-hybridized carbons (Fsp3) is 0.500. The first-order chi connectivity index (χ1) is 8.48. The molecule has 1 aliphatic rings. The minimum atomic E-state index is -1.12. The molecule has 0 saturated heterocycles. The van der Waals surface area contributed by atoms with Crippen molar-refractivity contribution < 1.29 is 19.1 Å². The molecule has 2 rings (SSSR count). The van der Waals surface area contributed by atoms with Crippen molar-refractivity contribution in [3.8, 4) is 0 Å². The first-order valence-corrected chi connectivity index (χ1v) is 5.82. The molecular formula is C12H16N2O4. The molecule has 1 aromatic rings. The molecule has 0 unspecified atom stereocenters. The normalized spacial score (nSPS) is 16.1. The van der Waals surface area contributed by atoms with Crippen molar-refractivity contribution in [2.75, 3.05) is 6.54 Å². The maximum Gasteiger partial charge on any atom is 0.371 e. The molecular weight excluding hydrogens is 236 g/mol. The lowest BCUT2D eigenvalue weighted by Crippen LogP contribution is -2.37. The predicted octanol–water partition coefficient (Wildman–Crippen LogP) is 1.58. The summed E-state index contributed by atoms with van der Waals surface area (Å²) in [5.74, 6) is -0.828. The molecule has 1 saturated carbocycles. The van der Waals surface area contributed by atoms with E-state index in [2.05, 4.69) is 17.6 Å². The van der Waals surface area contributed by atoms with E-state index in [1.165, 1.54) is 12.1 Å². The van der Waals surface area contributed by atoms with Crippen LogP contribution in [0.2, 0.25) is 0 Å². The largest absolute Gasteiger partial charge is 0.475 e. The van der Waals surface area contributed by atoms with Crippen LogP contribution in [0.4, 0.5) is 4.79 Å². The third-order valence-corrected chi connectivity index (χ3v) is 3.07. The average Bonchev–Trinajstić information content (AvgIpc) is 2.89. The molecule has 0 radical (unpaired) electrons. The standard InChI is InChI=1S/C12H16N2O4/c1-12(4-5-12)7-14-11(17)13-6-8-2-3-9(18-8)10(15)16/h2-3H,4-7H2,1H3,(H,15,16)(H2,13,14,17). The Morgan fingerprint density at radius 1 is 1.39 bits per heavy atom. The Morgan fingerprint density at radius 3 is 2.67 bits per heavy atom. The molecule has 1 heterocycles. The van der Waals surface area contributed by atoms with E-state index in [4.69, 9.17) is 9.52 Å². The van der Waals surface area contributed by atoms with Crippen molar-refractivity contribution in [2.45, 2.75) is 26.3 Å². The summed E-state index contributed by atoms with van der Waals surface area (Å²) < 4.78 is 5.01. The number of hydrogen-bond donors (Lipinski definition) is 3. The zero-order valence-electron chi connectivity index (χ0n) is 10.2. The summed E-state index contributed by atoms with van der Waals surface area (Å²) in [4.78, 5) is 22.0. The molecule has 1 fully saturated rings. The van der Waals surface area contributed by atoms with E-state index in [1.54, 1.807) is 0 Å². The highest BCUT2D eigenvalue weighted by atomic mass is 16.4. The summed E-state index contributed by atoms with van der Waals surface area (Å²) in [5.41, 5.74) is 0.262. The number of carbonyl (C=O) groups excluding carboxylic acids is 1. The maximum atomic E-state index is 11.5. The zero-order valence-corrected chi connectivity index (χ0v) is 10.2. The fourth-order valence-corrected chi connectivity index (χ4v) is 1.50. The minimum Gasteiger partial charge on any atom is -0.475 e. The van der Waals surface area contributed by atoms with Crippen molar-refractivity contribution in [3.05, 3.63) is 23.7 Å². The number of hydrogen-bond acceptors (Lipinski definition) is 3. The van der Waals surface area contributed by atoms with Crippen LogP contribution in [-0.4, -0.2) is 23.7 Å². The summed E-state index contributed by atoms with van der Waals surface area (Å²) >= 11 is 0. The lowest BCUT2D eigenvalue weighted by atomic mass is 10.1. The quantitative estimate of drug-likeness (QED) is 0.741. The van der Waals surface area contributed by atoms with Crippen LogP contribution in [-0.2, 0) is 6.54 Å². The number of carbonyl (C=O) groups is 2. The highest BCUT2D eigenvalue weighted by molar-refractivity contribution is 5.84. The third-order valence-electron chi connectivity index (χ3n) is 3.07. The zero-order chi connectivity index (χ0) is 13.2. The van der Waals surface area contributed by atoms with Gasteiger partial charge in [-0.3, -0.25) is 0 Å². The van der Waals surface area contributed by atoms with Gasteiger partial charge in [-0.15, -0.1) is 0 Å². The van der Waals surface area contributed by atoms with Crippen LogP contribution in [0.1, 0.15) is 36.1 Å². The Morgan fingerprint density at radius 2 is 2.11 bits per heavy atom. The van der Waals surface area contributed by atoms with Gasteiger partial charge >= 0.3 is 12.0 Å². The lowest BCUT2D eigenvalue weighted by molar-refractivity contribution is 0.0660. The smallest absolute Gasteiger partial charge is 0.371 e. The van der Waals surface area contributed by atoms with Gasteiger partial charge in [0.15, 0.2) is 0 Å². The van der Waals surface area contributed by atoms with E-state index in [1.807, 2.05) is 0 Å². The number of aromatic carboxylic acids is 1. The van der Waals surface area contributed by atoms with Crippen molar-refractivity contribution in [2.24, 2.45) is 5.41 Å². The summed E-state index contributed by atoms with van der Waals surface area (Å²) in [5, 5.41) is 14.1. The molecule has 18 heavy (non-hydrogen) atoms. The molecule has 2 amide bonds. The average molecular weight is 252 g/mol. The topological polar surface area (TPSA) is 91.6 Å². The van der Waals surface area contributed by atoms with Crippen LogP contribution in [0, 0.1) is 5.41 Å². The Balaban J connectivity index is 1.72. The number of urea groups is 1. The lowest BCUT2D eigenvalue weighted by Gasteiger charge is -2.10. The summed E-state index contributed by atoms with van der Waals surface area (Å²) in [6.45, 7) is 2.96. The third kappa shape index (κ3) is 3.26. The second-order valence-corrected chi connectivity index (χ2v) is 4.92. The Hall–Kier alpha value is -1.98. The van der Waals surface area contributed by atoms with Gasteiger partial charge in [0, 0.05) is 6.54 Å². The molecule has 0 aromatic carbocycles. The first-order valence-electron chi connectivity index (χ1n) is 5.82. The van der Waals surface area contributed by atoms with E-state index in [9.17, 15) is 9.59 Å². The summed E-state index contributed by atoms with van der Waals surface area (Å²) in [7, 11) is 0. The van der Waals surface area contributed by atoms with Crippen LogP contribution < -0.4 is 10.6 Å². The van der Waals surface area contributed by atoms with E-state index in [0.717, 1.165) is 12.8 Å². The molecule has 1 aromatic heterocycles. The molecule has 0 aliphatic heterocycles. The van der Waals surface area contributed by atoms with E-state index in [-0.39, 0.29) is 23.8 Å². The molecule has 0 atom stereocenters. The number of amides is 2. The van der Waals surface area contributed by atoms with Crippen molar-refractivity contribution in [1.29, 1.82) is 0 Å². The van der Waals surface area contributed by atoms with Crippen molar-refractivity contribution in [3.63, 3.8) is 0 Å². The predicted molar refractivity (Wildman–Crippen MR) is 63.2 cm³/mol. The first kappa shape index (κ1) is 12.5. The molecule has 3 N–H and O–H groups in total. The summed E-state index contributed by atoms with van der Waals surface area (Å²) in [6.07, 6.45) is 2.29. The van der Waals surface area contributed by atoms with Crippen LogP contribution >= 0.6 is 0 Å². The van der Waals surface area contributed by atoms with E-state index in [0.29, 0.717) is 12.3 Å². The van der Waals surface area contributed by atoms with Crippen molar-refractivity contribution in [1.82, 2.24) is 10.6 Å².